The largest absolute Gasteiger partial charge is 0.313 e. The zero-order chi connectivity index (χ0) is 10.6. The average molecular weight is 219 g/mol. The molecule has 2 atom stereocenters. The van der Waals surface area contributed by atoms with Crippen LogP contribution in [0.15, 0.2) is 0 Å². The number of hydrogen-bond donors (Lipinski definition) is 1. The first-order chi connectivity index (χ1) is 6.56. The molecule has 1 saturated heterocycles. The van der Waals surface area contributed by atoms with Gasteiger partial charge in [-0.25, -0.2) is 8.42 Å². The summed E-state index contributed by atoms with van der Waals surface area (Å²) in [5, 5.41) is 3.18. The summed E-state index contributed by atoms with van der Waals surface area (Å²) in [4.78, 5) is 0. The molecule has 1 N–H and O–H groups in total. The van der Waals surface area contributed by atoms with Gasteiger partial charge in [-0.1, -0.05) is 13.3 Å². The Kier molecular flexibility index (Phi) is 4.38. The number of rotatable bonds is 5. The minimum Gasteiger partial charge on any atom is -0.313 e. The van der Waals surface area contributed by atoms with Crippen molar-refractivity contribution < 1.29 is 8.42 Å². The van der Waals surface area contributed by atoms with E-state index in [2.05, 4.69) is 19.2 Å². The molecule has 0 aromatic carbocycles. The Hall–Kier alpha value is -0.0900. The fraction of sp³-hybridized carbons (Fsp3) is 1.00. The third kappa shape index (κ3) is 3.24. The zero-order valence-corrected chi connectivity index (χ0v) is 9.94. The summed E-state index contributed by atoms with van der Waals surface area (Å²) in [5.74, 6) is 0.390. The quantitative estimate of drug-likeness (QED) is 0.759. The predicted molar refractivity (Wildman–Crippen MR) is 59.2 cm³/mol. The molecule has 4 heteroatoms. The molecule has 14 heavy (non-hydrogen) atoms. The Morgan fingerprint density at radius 2 is 2.21 bits per heavy atom. The first-order valence-corrected chi connectivity index (χ1v) is 7.22. The van der Waals surface area contributed by atoms with Crippen LogP contribution in [0.1, 0.15) is 39.5 Å². The lowest BCUT2D eigenvalue weighted by molar-refractivity contribution is 0.495. The second-order valence-corrected chi connectivity index (χ2v) is 6.63. The minimum atomic E-state index is -2.76. The van der Waals surface area contributed by atoms with Crippen molar-refractivity contribution >= 4 is 9.84 Å². The Labute approximate surface area is 87.2 Å². The van der Waals surface area contributed by atoms with Crippen molar-refractivity contribution in [3.8, 4) is 0 Å². The van der Waals surface area contributed by atoms with Gasteiger partial charge in [0.25, 0.3) is 0 Å². The molecule has 2 unspecified atom stereocenters. The summed E-state index contributed by atoms with van der Waals surface area (Å²) in [5.41, 5.74) is 0. The molecule has 0 aromatic heterocycles. The summed E-state index contributed by atoms with van der Waals surface area (Å²) in [6.07, 6.45) is 3.95. The van der Waals surface area contributed by atoms with Crippen molar-refractivity contribution in [1.82, 2.24) is 5.32 Å². The van der Waals surface area contributed by atoms with Crippen molar-refractivity contribution in [3.63, 3.8) is 0 Å². The summed E-state index contributed by atoms with van der Waals surface area (Å²) in [6.45, 7) is 4.90. The highest BCUT2D eigenvalue weighted by Crippen LogP contribution is 2.19. The maximum absolute atomic E-state index is 11.5. The first-order valence-electron chi connectivity index (χ1n) is 5.51. The molecule has 84 valence electrons. The summed E-state index contributed by atoms with van der Waals surface area (Å²) >= 11 is 0. The molecule has 0 radical (unpaired) electrons. The SMILES string of the molecule is CCCC(C)NCC1CCCS1(=O)=O. The number of sulfone groups is 1. The maximum atomic E-state index is 11.5. The normalized spacial score (nSPS) is 27.7. The van der Waals surface area contributed by atoms with Crippen molar-refractivity contribution in [3.05, 3.63) is 0 Å². The van der Waals surface area contributed by atoms with Crippen LogP contribution in [0.5, 0.6) is 0 Å². The summed E-state index contributed by atoms with van der Waals surface area (Å²) in [7, 11) is -2.76. The van der Waals surface area contributed by atoms with E-state index < -0.39 is 9.84 Å². The van der Waals surface area contributed by atoms with Gasteiger partial charge in [0.05, 0.1) is 11.0 Å². The van der Waals surface area contributed by atoms with E-state index >= 15 is 0 Å². The molecule has 1 rings (SSSR count). The van der Waals surface area contributed by atoms with Crippen molar-refractivity contribution in [1.29, 1.82) is 0 Å². The van der Waals surface area contributed by atoms with Crippen molar-refractivity contribution in [2.24, 2.45) is 0 Å². The third-order valence-electron chi connectivity index (χ3n) is 2.88. The molecule has 3 nitrogen and oxygen atoms in total. The highest BCUT2D eigenvalue weighted by Gasteiger charge is 2.30. The summed E-state index contributed by atoms with van der Waals surface area (Å²) in [6, 6.07) is 0.441. The van der Waals surface area contributed by atoms with E-state index in [1.807, 2.05) is 0 Å². The van der Waals surface area contributed by atoms with Crippen molar-refractivity contribution in [2.75, 3.05) is 12.3 Å². The predicted octanol–water partition coefficient (Wildman–Crippen LogP) is 1.34. The van der Waals surface area contributed by atoms with Crippen LogP contribution in [-0.2, 0) is 9.84 Å². The molecule has 0 saturated carbocycles. The van der Waals surface area contributed by atoms with Gasteiger partial charge in [-0.2, -0.15) is 0 Å². The Morgan fingerprint density at radius 1 is 1.50 bits per heavy atom. The number of nitrogens with one attached hydrogen (secondary N) is 1. The summed E-state index contributed by atoms with van der Waals surface area (Å²) < 4.78 is 23.0. The van der Waals surface area contributed by atoms with Gasteiger partial charge in [-0.3, -0.25) is 0 Å². The Balaban J connectivity index is 2.31. The van der Waals surface area contributed by atoms with Gasteiger partial charge in [-0.15, -0.1) is 0 Å². The molecule has 0 bridgehead atoms. The first kappa shape index (κ1) is 12.0. The third-order valence-corrected chi connectivity index (χ3v) is 5.15. The van der Waals surface area contributed by atoms with E-state index in [0.29, 0.717) is 18.3 Å². The van der Waals surface area contributed by atoms with Gasteiger partial charge in [0.1, 0.15) is 0 Å². The highest BCUT2D eigenvalue weighted by molar-refractivity contribution is 7.92. The molecule has 0 spiro atoms. The standard InChI is InChI=1S/C10H21NO2S/c1-3-5-9(2)11-8-10-6-4-7-14(10,12)13/h9-11H,3-8H2,1-2H3. The van der Waals surface area contributed by atoms with Gasteiger partial charge >= 0.3 is 0 Å². The van der Waals surface area contributed by atoms with E-state index in [0.717, 1.165) is 25.7 Å². The van der Waals surface area contributed by atoms with Crippen LogP contribution < -0.4 is 5.32 Å². The van der Waals surface area contributed by atoms with Gasteiger partial charge < -0.3 is 5.32 Å². The van der Waals surface area contributed by atoms with E-state index in [9.17, 15) is 8.42 Å². The lowest BCUT2D eigenvalue weighted by Crippen LogP contribution is -2.35. The van der Waals surface area contributed by atoms with Crippen molar-refractivity contribution in [2.45, 2.75) is 50.8 Å². The number of hydrogen-bond acceptors (Lipinski definition) is 3. The molecular weight excluding hydrogens is 198 g/mol. The molecule has 1 aliphatic rings. The molecule has 0 aliphatic carbocycles. The molecule has 1 heterocycles. The van der Waals surface area contributed by atoms with Crippen LogP contribution in [0.4, 0.5) is 0 Å². The minimum absolute atomic E-state index is 0.123. The van der Waals surface area contributed by atoms with E-state index in [1.165, 1.54) is 0 Å². The monoisotopic (exact) mass is 219 g/mol. The van der Waals surface area contributed by atoms with Crippen LogP contribution in [0.25, 0.3) is 0 Å². The fourth-order valence-corrected chi connectivity index (χ4v) is 3.73. The topological polar surface area (TPSA) is 46.2 Å². The van der Waals surface area contributed by atoms with Crippen LogP contribution in [0, 0.1) is 0 Å². The molecule has 1 fully saturated rings. The lowest BCUT2D eigenvalue weighted by atomic mass is 10.2. The average Bonchev–Trinajstić information content (AvgIpc) is 2.42. The second-order valence-electron chi connectivity index (χ2n) is 4.23. The van der Waals surface area contributed by atoms with E-state index in [1.54, 1.807) is 0 Å². The molecule has 0 amide bonds. The Bertz CT molecular complexity index is 261. The van der Waals surface area contributed by atoms with Crippen LogP contribution in [0.3, 0.4) is 0 Å². The molecule has 0 aromatic rings. The molecular formula is C10H21NO2S. The van der Waals surface area contributed by atoms with Crippen LogP contribution in [-0.4, -0.2) is 32.0 Å². The second kappa shape index (κ2) is 5.12. The van der Waals surface area contributed by atoms with Gasteiger partial charge in [0.15, 0.2) is 9.84 Å². The van der Waals surface area contributed by atoms with Gasteiger partial charge in [-0.05, 0) is 26.2 Å². The highest BCUT2D eigenvalue weighted by atomic mass is 32.2. The molecule has 1 aliphatic heterocycles. The van der Waals surface area contributed by atoms with Crippen LogP contribution in [0.2, 0.25) is 0 Å². The Morgan fingerprint density at radius 3 is 2.71 bits per heavy atom. The lowest BCUT2D eigenvalue weighted by Gasteiger charge is -2.15. The van der Waals surface area contributed by atoms with Gasteiger partial charge in [0, 0.05) is 12.6 Å². The fourth-order valence-electron chi connectivity index (χ4n) is 1.96. The zero-order valence-electron chi connectivity index (χ0n) is 9.12. The van der Waals surface area contributed by atoms with Gasteiger partial charge in [0.2, 0.25) is 0 Å². The maximum Gasteiger partial charge on any atom is 0.154 e. The van der Waals surface area contributed by atoms with E-state index in [4.69, 9.17) is 0 Å². The van der Waals surface area contributed by atoms with Crippen LogP contribution >= 0.6 is 0 Å². The van der Waals surface area contributed by atoms with E-state index in [-0.39, 0.29) is 5.25 Å². The smallest absolute Gasteiger partial charge is 0.154 e.